The number of amides is 2. The van der Waals surface area contributed by atoms with Crippen LogP contribution in [0, 0.1) is 6.92 Å². The molecule has 9 nitrogen and oxygen atoms in total. The van der Waals surface area contributed by atoms with Gasteiger partial charge in [-0.25, -0.2) is 0 Å². The van der Waals surface area contributed by atoms with Crippen LogP contribution in [0.1, 0.15) is 37.9 Å². The van der Waals surface area contributed by atoms with Crippen LogP contribution in [0.15, 0.2) is 83.5 Å². The molecule has 212 valence electrons. The summed E-state index contributed by atoms with van der Waals surface area (Å²) in [5, 5.41) is 5.94. The van der Waals surface area contributed by atoms with Gasteiger partial charge in [0.25, 0.3) is 11.8 Å². The number of hydrogen-bond donors (Lipinski definition) is 2. The Balaban J connectivity index is 1.32. The average molecular weight is 553 g/mol. The summed E-state index contributed by atoms with van der Waals surface area (Å²) in [6.07, 6.45) is 1.46. The number of carbonyl (C=O) groups is 2. The molecule has 2 aromatic carbocycles. The van der Waals surface area contributed by atoms with Crippen molar-refractivity contribution in [1.82, 2.24) is 15.2 Å². The number of carbonyl (C=O) groups excluding carboxylic acids is 2. The van der Waals surface area contributed by atoms with Crippen molar-refractivity contribution in [1.29, 1.82) is 0 Å². The second-order valence-corrected chi connectivity index (χ2v) is 10.5. The minimum absolute atomic E-state index is 0.207. The third-order valence-corrected chi connectivity index (χ3v) is 7.10. The zero-order valence-electron chi connectivity index (χ0n) is 23.8. The average Bonchev–Trinajstić information content (AvgIpc) is 3.52. The molecule has 0 unspecified atom stereocenters. The highest BCUT2D eigenvalue weighted by Crippen LogP contribution is 2.30. The Morgan fingerprint density at radius 2 is 1.59 bits per heavy atom. The van der Waals surface area contributed by atoms with Gasteiger partial charge < -0.3 is 29.8 Å². The molecule has 1 aliphatic rings. The van der Waals surface area contributed by atoms with Gasteiger partial charge in [-0.15, -0.1) is 0 Å². The molecule has 3 heterocycles. The highest BCUT2D eigenvalue weighted by Gasteiger charge is 2.23. The molecule has 2 aromatic heterocycles. The smallest absolute Gasteiger partial charge is 0.291 e. The van der Waals surface area contributed by atoms with E-state index in [1.54, 1.807) is 24.3 Å². The number of anilines is 3. The first kappa shape index (κ1) is 27.9. The molecule has 41 heavy (non-hydrogen) atoms. The molecule has 5 rings (SSSR count). The van der Waals surface area contributed by atoms with Gasteiger partial charge >= 0.3 is 0 Å². The molecule has 1 aliphatic heterocycles. The maximum absolute atomic E-state index is 13.2. The molecule has 4 aromatic rings. The predicted molar refractivity (Wildman–Crippen MR) is 162 cm³/mol. The number of nitrogens with zero attached hydrogens (tertiary/aromatic N) is 4. The summed E-state index contributed by atoms with van der Waals surface area (Å²) in [6, 6.07) is 23.0. The first-order chi connectivity index (χ1) is 19.9. The van der Waals surface area contributed by atoms with Crippen molar-refractivity contribution in [3.05, 3.63) is 107 Å². The molecule has 0 bridgehead atoms. The molecule has 0 spiro atoms. The fraction of sp³-hybridized carbons (Fsp3) is 0.281. The summed E-state index contributed by atoms with van der Waals surface area (Å²) in [4.78, 5) is 37.4. The van der Waals surface area contributed by atoms with E-state index in [1.165, 1.54) is 17.5 Å². The van der Waals surface area contributed by atoms with Gasteiger partial charge in [0, 0.05) is 44.0 Å². The summed E-state index contributed by atoms with van der Waals surface area (Å²) in [7, 11) is 3.98. The van der Waals surface area contributed by atoms with Crippen LogP contribution in [0.2, 0.25) is 0 Å². The van der Waals surface area contributed by atoms with Crippen LogP contribution in [0.3, 0.4) is 0 Å². The second kappa shape index (κ2) is 12.7. The minimum atomic E-state index is -0.366. The van der Waals surface area contributed by atoms with Crippen molar-refractivity contribution in [3.8, 4) is 0 Å². The van der Waals surface area contributed by atoms with E-state index in [4.69, 9.17) is 4.42 Å². The highest BCUT2D eigenvalue weighted by molar-refractivity contribution is 6.05. The van der Waals surface area contributed by atoms with Crippen LogP contribution < -0.4 is 20.4 Å². The van der Waals surface area contributed by atoms with Crippen LogP contribution in [0.4, 0.5) is 17.1 Å². The van der Waals surface area contributed by atoms with E-state index >= 15 is 0 Å². The number of furan rings is 1. The van der Waals surface area contributed by atoms with Gasteiger partial charge in [0.1, 0.15) is 0 Å². The Morgan fingerprint density at radius 3 is 2.29 bits per heavy atom. The van der Waals surface area contributed by atoms with Gasteiger partial charge in [0.05, 0.1) is 35.6 Å². The van der Waals surface area contributed by atoms with Gasteiger partial charge in [-0.2, -0.15) is 0 Å². The number of aromatic nitrogens is 1. The fourth-order valence-electron chi connectivity index (χ4n) is 5.06. The molecule has 0 atom stereocenters. The molecule has 2 N–H and O–H groups in total. The Kier molecular flexibility index (Phi) is 8.64. The number of piperazine rings is 1. The number of pyridine rings is 1. The van der Waals surface area contributed by atoms with Crippen molar-refractivity contribution < 1.29 is 14.0 Å². The third kappa shape index (κ3) is 6.93. The quantitative estimate of drug-likeness (QED) is 0.315. The number of para-hydroxylation sites is 1. The summed E-state index contributed by atoms with van der Waals surface area (Å²) in [5.41, 5.74) is 6.10. The molecule has 0 saturated carbocycles. The van der Waals surface area contributed by atoms with E-state index in [1.807, 2.05) is 43.3 Å². The first-order valence-electron chi connectivity index (χ1n) is 13.8. The van der Waals surface area contributed by atoms with Crippen LogP contribution in [-0.4, -0.2) is 62.0 Å². The zero-order chi connectivity index (χ0) is 28.8. The van der Waals surface area contributed by atoms with Crippen molar-refractivity contribution in [2.24, 2.45) is 0 Å². The maximum Gasteiger partial charge on any atom is 0.291 e. The molecular formula is C32H36N6O3. The molecule has 2 amide bonds. The molecule has 0 aliphatic carbocycles. The Bertz CT molecular complexity index is 1490. The monoisotopic (exact) mass is 552 g/mol. The normalized spacial score (nSPS) is 13.4. The highest BCUT2D eigenvalue weighted by atomic mass is 16.3. The van der Waals surface area contributed by atoms with Crippen LogP contribution >= 0.6 is 0 Å². The van der Waals surface area contributed by atoms with Gasteiger partial charge in [-0.3, -0.25) is 14.6 Å². The van der Waals surface area contributed by atoms with Gasteiger partial charge in [0.2, 0.25) is 0 Å². The molecule has 1 saturated heterocycles. The van der Waals surface area contributed by atoms with E-state index in [0.29, 0.717) is 17.8 Å². The molecule has 1 fully saturated rings. The van der Waals surface area contributed by atoms with Crippen LogP contribution in [0.25, 0.3) is 0 Å². The topological polar surface area (TPSA) is 94.0 Å². The SMILES string of the molecule is Cc1ccccc1N1CCN(c2ccc(C(=O)NCc3cccc(CN(C)C)n3)cc2NC(=O)c2ccco2)CC1. The standard InChI is InChI=1S/C32H36N6O3/c1-23-8-4-5-11-28(23)37-15-17-38(18-16-37)29-14-13-24(20-27(29)35-32(40)30-12-7-19-41-30)31(39)33-21-25-9-6-10-26(34-25)22-36(2)3/h4-14,19-20H,15-18,21-22H2,1-3H3,(H,33,39)(H,35,40). The van der Waals surface area contributed by atoms with Gasteiger partial charge in [-0.05, 0) is 75.1 Å². The summed E-state index contributed by atoms with van der Waals surface area (Å²) in [5.74, 6) is -0.401. The largest absolute Gasteiger partial charge is 0.459 e. The third-order valence-electron chi connectivity index (χ3n) is 7.10. The Labute approximate surface area is 240 Å². The van der Waals surface area contributed by atoms with Gasteiger partial charge in [0.15, 0.2) is 5.76 Å². The number of nitrogens with one attached hydrogen (secondary N) is 2. The Hall–Kier alpha value is -4.63. The van der Waals surface area contributed by atoms with E-state index in [-0.39, 0.29) is 17.6 Å². The van der Waals surface area contributed by atoms with E-state index in [0.717, 1.165) is 49.8 Å². The summed E-state index contributed by atoms with van der Waals surface area (Å²) >= 11 is 0. The lowest BCUT2D eigenvalue weighted by Crippen LogP contribution is -2.47. The van der Waals surface area contributed by atoms with Gasteiger partial charge in [-0.1, -0.05) is 24.3 Å². The first-order valence-corrected chi connectivity index (χ1v) is 13.8. The summed E-state index contributed by atoms with van der Waals surface area (Å²) in [6.45, 7) is 6.40. The second-order valence-electron chi connectivity index (χ2n) is 10.5. The van der Waals surface area contributed by atoms with Crippen LogP contribution in [-0.2, 0) is 13.1 Å². The van der Waals surface area contributed by atoms with Crippen molar-refractivity contribution in [2.75, 3.05) is 55.4 Å². The van der Waals surface area contributed by atoms with Crippen molar-refractivity contribution in [2.45, 2.75) is 20.0 Å². The molecule has 9 heteroatoms. The van der Waals surface area contributed by atoms with Crippen LogP contribution in [0.5, 0.6) is 0 Å². The Morgan fingerprint density at radius 1 is 0.854 bits per heavy atom. The zero-order valence-corrected chi connectivity index (χ0v) is 23.8. The molecule has 0 radical (unpaired) electrons. The maximum atomic E-state index is 13.2. The van der Waals surface area contributed by atoms with Crippen molar-refractivity contribution in [3.63, 3.8) is 0 Å². The predicted octanol–water partition coefficient (Wildman–Crippen LogP) is 4.55. The number of rotatable bonds is 9. The lowest BCUT2D eigenvalue weighted by atomic mass is 10.1. The minimum Gasteiger partial charge on any atom is -0.459 e. The van der Waals surface area contributed by atoms with E-state index in [2.05, 4.69) is 56.6 Å². The molecular weight excluding hydrogens is 516 g/mol. The van der Waals surface area contributed by atoms with E-state index < -0.39 is 0 Å². The van der Waals surface area contributed by atoms with E-state index in [9.17, 15) is 9.59 Å². The number of aryl methyl sites for hydroxylation is 1. The van der Waals surface area contributed by atoms with Crippen molar-refractivity contribution >= 4 is 28.9 Å². The summed E-state index contributed by atoms with van der Waals surface area (Å²) < 4.78 is 5.30. The number of benzene rings is 2. The lowest BCUT2D eigenvalue weighted by Gasteiger charge is -2.38. The lowest BCUT2D eigenvalue weighted by molar-refractivity contribution is 0.0948. The number of hydrogen-bond acceptors (Lipinski definition) is 7. The fourth-order valence-corrected chi connectivity index (χ4v) is 5.06.